The van der Waals surface area contributed by atoms with Crippen LogP contribution in [-0.4, -0.2) is 25.9 Å². The summed E-state index contributed by atoms with van der Waals surface area (Å²) in [4.78, 5) is 0. The first-order chi connectivity index (χ1) is 8.69. The number of halogens is 1. The van der Waals surface area contributed by atoms with Gasteiger partial charge in [0.1, 0.15) is 5.75 Å². The van der Waals surface area contributed by atoms with E-state index in [0.717, 1.165) is 25.8 Å². The van der Waals surface area contributed by atoms with E-state index < -0.39 is 0 Å². The zero-order valence-corrected chi connectivity index (χ0v) is 11.4. The van der Waals surface area contributed by atoms with Gasteiger partial charge in [0, 0.05) is 12.1 Å². The fourth-order valence-electron chi connectivity index (χ4n) is 2.40. The summed E-state index contributed by atoms with van der Waals surface area (Å²) >= 11 is 6.03. The van der Waals surface area contributed by atoms with Crippen molar-refractivity contribution in [1.82, 2.24) is 5.32 Å². The molecule has 1 aromatic rings. The van der Waals surface area contributed by atoms with E-state index in [9.17, 15) is 5.11 Å². The van der Waals surface area contributed by atoms with Crippen LogP contribution < -0.4 is 14.8 Å². The molecule has 0 aliphatic carbocycles. The molecule has 1 heterocycles. The minimum Gasteiger partial charge on any atom is -0.506 e. The Morgan fingerprint density at radius 3 is 2.67 bits per heavy atom. The summed E-state index contributed by atoms with van der Waals surface area (Å²) in [5.41, 5.74) is 0.696. The van der Waals surface area contributed by atoms with Crippen molar-refractivity contribution in [2.24, 2.45) is 0 Å². The number of hydrogen-bond donors (Lipinski definition) is 2. The number of hydrogen-bond acceptors (Lipinski definition) is 4. The standard InChI is InChI=1S/C13H18ClNO3/c1-17-10-7-8(14)12(16)11(13(10)18-2)9-5-3-4-6-15-9/h7,9,15-16H,3-6H2,1-2H3. The van der Waals surface area contributed by atoms with Crippen LogP contribution in [0.3, 0.4) is 0 Å². The quantitative estimate of drug-likeness (QED) is 0.888. The van der Waals surface area contributed by atoms with Crippen LogP contribution in [0.25, 0.3) is 0 Å². The van der Waals surface area contributed by atoms with E-state index in [1.54, 1.807) is 20.3 Å². The highest BCUT2D eigenvalue weighted by Crippen LogP contribution is 2.46. The molecule has 0 amide bonds. The second kappa shape index (κ2) is 5.67. The fourth-order valence-corrected chi connectivity index (χ4v) is 2.60. The largest absolute Gasteiger partial charge is 0.506 e. The molecule has 1 aliphatic heterocycles. The minimum atomic E-state index is 0.0568. The summed E-state index contributed by atoms with van der Waals surface area (Å²) in [7, 11) is 3.13. The number of benzene rings is 1. The topological polar surface area (TPSA) is 50.7 Å². The zero-order chi connectivity index (χ0) is 13.1. The summed E-state index contributed by atoms with van der Waals surface area (Å²) in [6.45, 7) is 0.933. The SMILES string of the molecule is COc1cc(Cl)c(O)c(C2CCCCN2)c1OC. The average molecular weight is 272 g/mol. The molecular formula is C13H18ClNO3. The first-order valence-electron chi connectivity index (χ1n) is 6.05. The van der Waals surface area contributed by atoms with E-state index in [4.69, 9.17) is 21.1 Å². The highest BCUT2D eigenvalue weighted by atomic mass is 35.5. The predicted molar refractivity (Wildman–Crippen MR) is 70.8 cm³/mol. The highest BCUT2D eigenvalue weighted by Gasteiger charge is 2.26. The number of rotatable bonds is 3. The molecule has 0 aromatic heterocycles. The Bertz CT molecular complexity index is 431. The summed E-state index contributed by atoms with van der Waals surface area (Å²) < 4.78 is 10.6. The number of phenols is 1. The van der Waals surface area contributed by atoms with E-state index in [2.05, 4.69) is 5.32 Å². The lowest BCUT2D eigenvalue weighted by molar-refractivity contribution is 0.329. The Hall–Kier alpha value is -1.13. The van der Waals surface area contributed by atoms with Gasteiger partial charge in [0.15, 0.2) is 11.5 Å². The van der Waals surface area contributed by atoms with Crippen LogP contribution in [-0.2, 0) is 0 Å². The molecule has 1 unspecified atom stereocenters. The van der Waals surface area contributed by atoms with Crippen LogP contribution in [0, 0.1) is 0 Å². The molecule has 1 atom stereocenters. The first kappa shape index (κ1) is 13.3. The molecule has 0 bridgehead atoms. The maximum Gasteiger partial charge on any atom is 0.169 e. The Balaban J connectivity index is 2.51. The van der Waals surface area contributed by atoms with Gasteiger partial charge in [-0.3, -0.25) is 0 Å². The van der Waals surface area contributed by atoms with Crippen molar-refractivity contribution in [3.8, 4) is 17.2 Å². The second-order valence-corrected chi connectivity index (χ2v) is 4.77. The van der Waals surface area contributed by atoms with Crippen molar-refractivity contribution in [1.29, 1.82) is 0 Å². The Kier molecular flexibility index (Phi) is 4.19. The molecular weight excluding hydrogens is 254 g/mol. The van der Waals surface area contributed by atoms with Crippen LogP contribution in [0.2, 0.25) is 5.02 Å². The van der Waals surface area contributed by atoms with E-state index in [1.165, 1.54) is 0 Å². The highest BCUT2D eigenvalue weighted by molar-refractivity contribution is 6.32. The third kappa shape index (κ3) is 2.35. The molecule has 0 spiro atoms. The predicted octanol–water partition coefficient (Wildman–Crippen LogP) is 2.88. The maximum absolute atomic E-state index is 10.2. The molecule has 1 saturated heterocycles. The van der Waals surface area contributed by atoms with E-state index in [0.29, 0.717) is 17.1 Å². The number of piperidine rings is 1. The lowest BCUT2D eigenvalue weighted by Crippen LogP contribution is -2.27. The third-order valence-corrected chi connectivity index (χ3v) is 3.58. The van der Waals surface area contributed by atoms with Crippen LogP contribution in [0.4, 0.5) is 0 Å². The number of ether oxygens (including phenoxy) is 2. The van der Waals surface area contributed by atoms with Gasteiger partial charge in [-0.25, -0.2) is 0 Å². The van der Waals surface area contributed by atoms with E-state index in [1.807, 2.05) is 0 Å². The van der Waals surface area contributed by atoms with E-state index in [-0.39, 0.29) is 16.8 Å². The van der Waals surface area contributed by atoms with Crippen molar-refractivity contribution < 1.29 is 14.6 Å². The number of aromatic hydroxyl groups is 1. The molecule has 1 aromatic carbocycles. The smallest absolute Gasteiger partial charge is 0.169 e. The van der Waals surface area contributed by atoms with Crippen molar-refractivity contribution in [2.75, 3.05) is 20.8 Å². The van der Waals surface area contributed by atoms with Gasteiger partial charge in [-0.2, -0.15) is 0 Å². The van der Waals surface area contributed by atoms with Crippen molar-refractivity contribution in [3.63, 3.8) is 0 Å². The molecule has 18 heavy (non-hydrogen) atoms. The van der Waals surface area contributed by atoms with Crippen molar-refractivity contribution >= 4 is 11.6 Å². The van der Waals surface area contributed by atoms with Gasteiger partial charge < -0.3 is 19.9 Å². The summed E-state index contributed by atoms with van der Waals surface area (Å²) in [6.07, 6.45) is 3.22. The molecule has 4 nitrogen and oxygen atoms in total. The zero-order valence-electron chi connectivity index (χ0n) is 10.6. The maximum atomic E-state index is 10.2. The molecule has 0 saturated carbocycles. The molecule has 1 fully saturated rings. The summed E-state index contributed by atoms with van der Waals surface area (Å²) in [6, 6.07) is 1.63. The van der Waals surface area contributed by atoms with Gasteiger partial charge in [-0.1, -0.05) is 18.0 Å². The summed E-state index contributed by atoms with van der Waals surface area (Å²) in [5.74, 6) is 1.18. The van der Waals surface area contributed by atoms with Gasteiger partial charge >= 0.3 is 0 Å². The van der Waals surface area contributed by atoms with Crippen LogP contribution >= 0.6 is 11.6 Å². The van der Waals surface area contributed by atoms with Gasteiger partial charge in [-0.15, -0.1) is 0 Å². The Morgan fingerprint density at radius 2 is 2.11 bits per heavy atom. The molecule has 2 N–H and O–H groups in total. The lowest BCUT2D eigenvalue weighted by Gasteiger charge is -2.27. The van der Waals surface area contributed by atoms with Crippen molar-refractivity contribution in [3.05, 3.63) is 16.7 Å². The minimum absolute atomic E-state index is 0.0568. The third-order valence-electron chi connectivity index (χ3n) is 3.29. The van der Waals surface area contributed by atoms with Gasteiger partial charge in [0.25, 0.3) is 0 Å². The molecule has 0 radical (unpaired) electrons. The van der Waals surface area contributed by atoms with Gasteiger partial charge in [0.05, 0.1) is 24.8 Å². The first-order valence-corrected chi connectivity index (χ1v) is 6.43. The monoisotopic (exact) mass is 271 g/mol. The number of nitrogens with one attached hydrogen (secondary N) is 1. The van der Waals surface area contributed by atoms with Crippen molar-refractivity contribution in [2.45, 2.75) is 25.3 Å². The lowest BCUT2D eigenvalue weighted by atomic mass is 9.95. The molecule has 1 aliphatic rings. The normalized spacial score (nSPS) is 19.6. The summed E-state index contributed by atoms with van der Waals surface area (Å²) in [5, 5.41) is 13.8. The van der Waals surface area contributed by atoms with Crippen LogP contribution in [0.1, 0.15) is 30.9 Å². The number of phenolic OH excluding ortho intramolecular Hbond substituents is 1. The Morgan fingerprint density at radius 1 is 1.33 bits per heavy atom. The Labute approximate surface area is 112 Å². The van der Waals surface area contributed by atoms with Crippen LogP contribution in [0.5, 0.6) is 17.2 Å². The molecule has 100 valence electrons. The van der Waals surface area contributed by atoms with E-state index >= 15 is 0 Å². The molecule has 5 heteroatoms. The second-order valence-electron chi connectivity index (χ2n) is 4.36. The van der Waals surface area contributed by atoms with Gasteiger partial charge in [-0.05, 0) is 19.4 Å². The number of methoxy groups -OCH3 is 2. The average Bonchev–Trinajstić information content (AvgIpc) is 2.42. The fraction of sp³-hybridized carbons (Fsp3) is 0.538. The van der Waals surface area contributed by atoms with Crippen LogP contribution in [0.15, 0.2) is 6.07 Å². The van der Waals surface area contributed by atoms with Gasteiger partial charge in [0.2, 0.25) is 0 Å². The molecule has 2 rings (SSSR count).